The molecule has 0 aliphatic carbocycles. The third kappa shape index (κ3) is 6.69. The molecule has 1 aliphatic heterocycles. The number of hydrogen-bond donors (Lipinski definition) is 1. The summed E-state index contributed by atoms with van der Waals surface area (Å²) in [4.78, 5) is 28.8. The van der Waals surface area contributed by atoms with Gasteiger partial charge < -0.3 is 10.1 Å². The van der Waals surface area contributed by atoms with Crippen LogP contribution >= 0.6 is 0 Å². The Morgan fingerprint density at radius 1 is 0.931 bits per heavy atom. The molecule has 154 valence electrons. The van der Waals surface area contributed by atoms with Gasteiger partial charge in [-0.05, 0) is 56.3 Å². The molecule has 6 heteroatoms. The molecule has 0 spiro atoms. The Kier molecular flexibility index (Phi) is 7.78. The van der Waals surface area contributed by atoms with E-state index in [4.69, 9.17) is 4.74 Å². The topological polar surface area (TPSA) is 61.9 Å². The molecular weight excluding hydrogens is 366 g/mol. The van der Waals surface area contributed by atoms with E-state index in [-0.39, 0.29) is 11.9 Å². The molecule has 1 N–H and O–H groups in total. The van der Waals surface area contributed by atoms with Crippen LogP contribution in [0.2, 0.25) is 0 Å². The molecular formula is C23H29N3O3. The number of carbonyl (C=O) groups excluding carboxylic acids is 2. The van der Waals surface area contributed by atoms with Crippen LogP contribution in [-0.4, -0.2) is 61.0 Å². The van der Waals surface area contributed by atoms with Crippen LogP contribution in [0.5, 0.6) is 0 Å². The number of benzene rings is 2. The van der Waals surface area contributed by atoms with Crippen LogP contribution in [-0.2, 0) is 16.1 Å². The second kappa shape index (κ2) is 10.7. The SMILES string of the molecule is CCOC(=O)c1ccc(NC(=O)CN2CCCN(Cc3ccccc3)CC2)cc1. The molecule has 0 atom stereocenters. The number of anilines is 1. The van der Waals surface area contributed by atoms with Crippen molar-refractivity contribution < 1.29 is 14.3 Å². The highest BCUT2D eigenvalue weighted by atomic mass is 16.5. The van der Waals surface area contributed by atoms with Crippen LogP contribution in [0.4, 0.5) is 5.69 Å². The average molecular weight is 396 g/mol. The van der Waals surface area contributed by atoms with Gasteiger partial charge in [-0.25, -0.2) is 4.79 Å². The molecule has 2 aromatic rings. The molecule has 3 rings (SSSR count). The van der Waals surface area contributed by atoms with E-state index in [0.717, 1.165) is 39.1 Å². The van der Waals surface area contributed by atoms with Gasteiger partial charge in [-0.2, -0.15) is 0 Å². The van der Waals surface area contributed by atoms with E-state index < -0.39 is 0 Å². The molecule has 1 heterocycles. The first kappa shape index (κ1) is 21.0. The van der Waals surface area contributed by atoms with Gasteiger partial charge in [-0.15, -0.1) is 0 Å². The van der Waals surface area contributed by atoms with Gasteiger partial charge in [0, 0.05) is 25.3 Å². The lowest BCUT2D eigenvalue weighted by Crippen LogP contribution is -2.36. The van der Waals surface area contributed by atoms with E-state index in [2.05, 4.69) is 39.4 Å². The fourth-order valence-electron chi connectivity index (χ4n) is 3.49. The van der Waals surface area contributed by atoms with Crippen molar-refractivity contribution in [3.05, 3.63) is 65.7 Å². The van der Waals surface area contributed by atoms with Gasteiger partial charge in [0.25, 0.3) is 0 Å². The lowest BCUT2D eigenvalue weighted by Gasteiger charge is -2.21. The van der Waals surface area contributed by atoms with E-state index in [1.807, 2.05) is 6.07 Å². The molecule has 0 aromatic heterocycles. The number of nitrogens with zero attached hydrogens (tertiary/aromatic N) is 2. The fourth-order valence-corrected chi connectivity index (χ4v) is 3.49. The van der Waals surface area contributed by atoms with Crippen molar-refractivity contribution in [3.63, 3.8) is 0 Å². The first-order valence-corrected chi connectivity index (χ1v) is 10.2. The minimum absolute atomic E-state index is 0.0367. The first-order chi connectivity index (χ1) is 14.1. The van der Waals surface area contributed by atoms with E-state index in [0.29, 0.717) is 24.4 Å². The summed E-state index contributed by atoms with van der Waals surface area (Å²) in [6.07, 6.45) is 1.05. The third-order valence-electron chi connectivity index (χ3n) is 4.98. The maximum absolute atomic E-state index is 12.4. The van der Waals surface area contributed by atoms with Gasteiger partial charge in [0.2, 0.25) is 5.91 Å². The van der Waals surface area contributed by atoms with Gasteiger partial charge in [0.1, 0.15) is 0 Å². The van der Waals surface area contributed by atoms with Crippen molar-refractivity contribution in [1.82, 2.24) is 9.80 Å². The smallest absolute Gasteiger partial charge is 0.338 e. The Morgan fingerprint density at radius 2 is 1.62 bits per heavy atom. The molecule has 2 aromatic carbocycles. The van der Waals surface area contributed by atoms with Crippen LogP contribution in [0.3, 0.4) is 0 Å². The first-order valence-electron chi connectivity index (χ1n) is 10.2. The standard InChI is InChI=1S/C23H29N3O3/c1-2-29-23(28)20-9-11-21(12-10-20)24-22(27)18-26-14-6-13-25(15-16-26)17-19-7-4-3-5-8-19/h3-5,7-12H,2,6,13-18H2,1H3,(H,24,27). The predicted molar refractivity (Wildman–Crippen MR) is 114 cm³/mol. The van der Waals surface area contributed by atoms with Crippen molar-refractivity contribution in [3.8, 4) is 0 Å². The van der Waals surface area contributed by atoms with Crippen molar-refractivity contribution in [2.45, 2.75) is 19.9 Å². The Labute approximate surface area is 172 Å². The van der Waals surface area contributed by atoms with Crippen molar-refractivity contribution in [2.75, 3.05) is 44.6 Å². The average Bonchev–Trinajstić information content (AvgIpc) is 2.94. The Morgan fingerprint density at radius 3 is 2.34 bits per heavy atom. The minimum Gasteiger partial charge on any atom is -0.462 e. The summed E-state index contributed by atoms with van der Waals surface area (Å²) < 4.78 is 4.97. The lowest BCUT2D eigenvalue weighted by atomic mass is 10.2. The lowest BCUT2D eigenvalue weighted by molar-refractivity contribution is -0.117. The van der Waals surface area contributed by atoms with Crippen LogP contribution in [0, 0.1) is 0 Å². The maximum atomic E-state index is 12.4. The largest absolute Gasteiger partial charge is 0.462 e. The summed E-state index contributed by atoms with van der Waals surface area (Å²) in [6, 6.07) is 17.3. The molecule has 1 aliphatic rings. The van der Waals surface area contributed by atoms with E-state index in [1.165, 1.54) is 5.56 Å². The normalized spacial score (nSPS) is 15.5. The highest BCUT2D eigenvalue weighted by Crippen LogP contribution is 2.12. The van der Waals surface area contributed by atoms with Gasteiger partial charge in [-0.3, -0.25) is 14.6 Å². The minimum atomic E-state index is -0.352. The highest BCUT2D eigenvalue weighted by molar-refractivity contribution is 5.94. The molecule has 0 unspecified atom stereocenters. The monoisotopic (exact) mass is 395 g/mol. The summed E-state index contributed by atoms with van der Waals surface area (Å²) >= 11 is 0. The fraction of sp³-hybridized carbons (Fsp3) is 0.391. The number of esters is 1. The molecule has 29 heavy (non-hydrogen) atoms. The molecule has 1 saturated heterocycles. The second-order valence-corrected chi connectivity index (χ2v) is 7.24. The van der Waals surface area contributed by atoms with Crippen LogP contribution < -0.4 is 5.32 Å². The van der Waals surface area contributed by atoms with E-state index in [9.17, 15) is 9.59 Å². The van der Waals surface area contributed by atoms with Gasteiger partial charge >= 0.3 is 5.97 Å². The van der Waals surface area contributed by atoms with Crippen LogP contribution in [0.15, 0.2) is 54.6 Å². The molecule has 1 fully saturated rings. The number of carbonyl (C=O) groups is 2. The number of rotatable bonds is 7. The summed E-state index contributed by atoms with van der Waals surface area (Å²) in [5.74, 6) is -0.389. The zero-order chi connectivity index (χ0) is 20.5. The highest BCUT2D eigenvalue weighted by Gasteiger charge is 2.17. The molecule has 0 bridgehead atoms. The van der Waals surface area contributed by atoms with Gasteiger partial charge in [0.15, 0.2) is 0 Å². The number of ether oxygens (including phenoxy) is 1. The van der Waals surface area contributed by atoms with Gasteiger partial charge in [0.05, 0.1) is 18.7 Å². The number of amides is 1. The van der Waals surface area contributed by atoms with E-state index >= 15 is 0 Å². The van der Waals surface area contributed by atoms with E-state index in [1.54, 1.807) is 31.2 Å². The predicted octanol–water partition coefficient (Wildman–Crippen LogP) is 3.01. The van der Waals surface area contributed by atoms with Crippen LogP contribution in [0.25, 0.3) is 0 Å². The Hall–Kier alpha value is -2.70. The quantitative estimate of drug-likeness (QED) is 0.731. The third-order valence-corrected chi connectivity index (χ3v) is 4.98. The van der Waals surface area contributed by atoms with Crippen LogP contribution in [0.1, 0.15) is 29.3 Å². The van der Waals surface area contributed by atoms with Crippen molar-refractivity contribution in [2.24, 2.45) is 0 Å². The zero-order valence-corrected chi connectivity index (χ0v) is 17.0. The zero-order valence-electron chi connectivity index (χ0n) is 17.0. The van der Waals surface area contributed by atoms with Gasteiger partial charge in [-0.1, -0.05) is 30.3 Å². The Bertz CT molecular complexity index is 793. The molecule has 1 amide bonds. The maximum Gasteiger partial charge on any atom is 0.338 e. The summed E-state index contributed by atoms with van der Waals surface area (Å²) in [7, 11) is 0. The molecule has 6 nitrogen and oxygen atoms in total. The van der Waals surface area contributed by atoms with Crippen molar-refractivity contribution in [1.29, 1.82) is 0 Å². The second-order valence-electron chi connectivity index (χ2n) is 7.24. The number of hydrogen-bond acceptors (Lipinski definition) is 5. The summed E-state index contributed by atoms with van der Waals surface area (Å²) in [5.41, 5.74) is 2.49. The Balaban J connectivity index is 1.45. The summed E-state index contributed by atoms with van der Waals surface area (Å²) in [6.45, 7) is 7.24. The molecule has 0 radical (unpaired) electrons. The van der Waals surface area contributed by atoms with Crippen molar-refractivity contribution >= 4 is 17.6 Å². The number of nitrogens with one attached hydrogen (secondary N) is 1. The summed E-state index contributed by atoms with van der Waals surface area (Å²) in [5, 5.41) is 2.91. The molecule has 0 saturated carbocycles.